The number of hydrogen-bond donors (Lipinski definition) is 0. The Kier molecular flexibility index (Phi) is 4.24. The van der Waals surface area contributed by atoms with Crippen LogP contribution in [0.25, 0.3) is 0 Å². The molecule has 0 bridgehead atoms. The zero-order valence-corrected chi connectivity index (χ0v) is 8.72. The second-order valence-electron chi connectivity index (χ2n) is 2.78. The van der Waals surface area contributed by atoms with Crippen LogP contribution < -0.4 is 0 Å². The lowest BCUT2D eigenvalue weighted by Gasteiger charge is -2.11. The molecule has 0 saturated carbocycles. The SMILES string of the molecule is CCP(CC)Cc1ccccn1. The van der Waals surface area contributed by atoms with Crippen LogP contribution in [0.1, 0.15) is 19.5 Å². The predicted molar refractivity (Wildman–Crippen MR) is 55.9 cm³/mol. The lowest BCUT2D eigenvalue weighted by molar-refractivity contribution is 1.15. The second kappa shape index (κ2) is 5.27. The van der Waals surface area contributed by atoms with Gasteiger partial charge in [-0.1, -0.05) is 19.9 Å². The molecule has 0 spiro atoms. The topological polar surface area (TPSA) is 12.9 Å². The van der Waals surface area contributed by atoms with Gasteiger partial charge in [-0.15, -0.1) is 7.92 Å². The Hall–Kier alpha value is -0.420. The van der Waals surface area contributed by atoms with Crippen LogP contribution in [-0.2, 0) is 6.16 Å². The van der Waals surface area contributed by atoms with Crippen LogP contribution in [-0.4, -0.2) is 17.3 Å². The smallest absolute Gasteiger partial charge is 0.0446 e. The third-order valence-electron chi connectivity index (χ3n) is 2.01. The minimum absolute atomic E-state index is 0.205. The van der Waals surface area contributed by atoms with Crippen LogP contribution in [0.4, 0.5) is 0 Å². The van der Waals surface area contributed by atoms with Crippen LogP contribution in [0.3, 0.4) is 0 Å². The Balaban J connectivity index is 2.51. The third-order valence-corrected chi connectivity index (χ3v) is 4.57. The molecule has 1 aromatic heterocycles. The summed E-state index contributed by atoms with van der Waals surface area (Å²) in [6.07, 6.45) is 5.72. The third kappa shape index (κ3) is 2.91. The zero-order valence-electron chi connectivity index (χ0n) is 7.83. The van der Waals surface area contributed by atoms with Crippen molar-refractivity contribution in [2.45, 2.75) is 20.0 Å². The number of rotatable bonds is 4. The van der Waals surface area contributed by atoms with Gasteiger partial charge in [0.05, 0.1) is 0 Å². The van der Waals surface area contributed by atoms with Crippen molar-refractivity contribution in [1.29, 1.82) is 0 Å². The van der Waals surface area contributed by atoms with Gasteiger partial charge in [-0.3, -0.25) is 4.98 Å². The van der Waals surface area contributed by atoms with Crippen molar-refractivity contribution in [2.75, 3.05) is 12.3 Å². The van der Waals surface area contributed by atoms with Gasteiger partial charge in [0, 0.05) is 18.1 Å². The molecule has 12 heavy (non-hydrogen) atoms. The van der Waals surface area contributed by atoms with E-state index in [1.807, 2.05) is 12.3 Å². The fraction of sp³-hybridized carbons (Fsp3) is 0.500. The first-order valence-electron chi connectivity index (χ1n) is 4.49. The molecule has 1 rings (SSSR count). The van der Waals surface area contributed by atoms with Crippen molar-refractivity contribution in [3.05, 3.63) is 30.1 Å². The quantitative estimate of drug-likeness (QED) is 0.650. The predicted octanol–water partition coefficient (Wildman–Crippen LogP) is 3.10. The first-order valence-corrected chi connectivity index (χ1v) is 6.38. The van der Waals surface area contributed by atoms with Gasteiger partial charge in [0.15, 0.2) is 0 Å². The van der Waals surface area contributed by atoms with Crippen LogP contribution in [0, 0.1) is 0 Å². The van der Waals surface area contributed by atoms with Gasteiger partial charge in [-0.05, 0) is 24.5 Å². The summed E-state index contributed by atoms with van der Waals surface area (Å²) in [5.74, 6) is 0. The molecular weight excluding hydrogens is 165 g/mol. The molecule has 0 aliphatic carbocycles. The standard InChI is InChI=1S/C10H16NP/c1-3-12(4-2)9-10-7-5-6-8-11-10/h5-8H,3-4,9H2,1-2H3. The molecule has 1 aromatic rings. The molecule has 0 aliphatic heterocycles. The van der Waals surface area contributed by atoms with Gasteiger partial charge in [0.25, 0.3) is 0 Å². The molecule has 0 aliphatic rings. The van der Waals surface area contributed by atoms with Gasteiger partial charge < -0.3 is 0 Å². The monoisotopic (exact) mass is 181 g/mol. The normalized spacial score (nSPS) is 10.6. The summed E-state index contributed by atoms with van der Waals surface area (Å²) in [5, 5.41) is 0. The van der Waals surface area contributed by atoms with E-state index in [0.29, 0.717) is 0 Å². The molecule has 0 N–H and O–H groups in total. The van der Waals surface area contributed by atoms with Crippen molar-refractivity contribution >= 4 is 7.92 Å². The lowest BCUT2D eigenvalue weighted by Crippen LogP contribution is -1.91. The Labute approximate surface area is 76.0 Å². The average molecular weight is 181 g/mol. The first-order chi connectivity index (χ1) is 5.86. The zero-order chi connectivity index (χ0) is 8.81. The summed E-state index contributed by atoms with van der Waals surface area (Å²) in [6.45, 7) is 4.55. The van der Waals surface area contributed by atoms with E-state index in [9.17, 15) is 0 Å². The molecular formula is C10H16NP. The van der Waals surface area contributed by atoms with Gasteiger partial charge >= 0.3 is 0 Å². The van der Waals surface area contributed by atoms with Crippen molar-refractivity contribution in [3.63, 3.8) is 0 Å². The van der Waals surface area contributed by atoms with Gasteiger partial charge in [0.2, 0.25) is 0 Å². The van der Waals surface area contributed by atoms with Crippen molar-refractivity contribution in [3.8, 4) is 0 Å². The second-order valence-corrected chi connectivity index (χ2v) is 5.71. The van der Waals surface area contributed by atoms with E-state index in [1.54, 1.807) is 0 Å². The highest BCUT2D eigenvalue weighted by atomic mass is 31.1. The number of pyridine rings is 1. The highest BCUT2D eigenvalue weighted by molar-refractivity contribution is 7.56. The van der Waals surface area contributed by atoms with Gasteiger partial charge in [-0.2, -0.15) is 0 Å². The van der Waals surface area contributed by atoms with Crippen molar-refractivity contribution in [1.82, 2.24) is 4.98 Å². The molecule has 0 unspecified atom stereocenters. The summed E-state index contributed by atoms with van der Waals surface area (Å²) in [6, 6.07) is 6.17. The van der Waals surface area contributed by atoms with E-state index >= 15 is 0 Å². The van der Waals surface area contributed by atoms with E-state index in [-0.39, 0.29) is 7.92 Å². The maximum absolute atomic E-state index is 4.33. The van der Waals surface area contributed by atoms with E-state index < -0.39 is 0 Å². The van der Waals surface area contributed by atoms with Crippen LogP contribution in [0.15, 0.2) is 24.4 Å². The molecule has 0 atom stereocenters. The van der Waals surface area contributed by atoms with Crippen LogP contribution >= 0.6 is 7.92 Å². The fourth-order valence-electron chi connectivity index (χ4n) is 1.17. The first kappa shape index (κ1) is 9.67. The summed E-state index contributed by atoms with van der Waals surface area (Å²) < 4.78 is 0. The van der Waals surface area contributed by atoms with E-state index in [0.717, 1.165) is 0 Å². The molecule has 2 heteroatoms. The van der Waals surface area contributed by atoms with Crippen molar-refractivity contribution < 1.29 is 0 Å². The highest BCUT2D eigenvalue weighted by Gasteiger charge is 2.03. The molecule has 0 saturated heterocycles. The fourth-order valence-corrected chi connectivity index (χ4v) is 2.71. The van der Waals surface area contributed by atoms with Gasteiger partial charge in [-0.25, -0.2) is 0 Å². The molecule has 0 aromatic carbocycles. The number of hydrogen-bond acceptors (Lipinski definition) is 1. The average Bonchev–Trinajstić information content (AvgIpc) is 2.16. The number of nitrogens with zero attached hydrogens (tertiary/aromatic N) is 1. The summed E-state index contributed by atoms with van der Waals surface area (Å²) in [5.41, 5.74) is 1.26. The van der Waals surface area contributed by atoms with E-state index in [1.165, 1.54) is 24.2 Å². The highest BCUT2D eigenvalue weighted by Crippen LogP contribution is 2.37. The minimum atomic E-state index is 0.205. The Morgan fingerprint density at radius 2 is 2.00 bits per heavy atom. The molecule has 66 valence electrons. The summed E-state index contributed by atoms with van der Waals surface area (Å²) >= 11 is 0. The largest absolute Gasteiger partial charge is 0.261 e. The maximum atomic E-state index is 4.33. The van der Waals surface area contributed by atoms with Gasteiger partial charge in [0.1, 0.15) is 0 Å². The molecule has 0 amide bonds. The molecule has 1 nitrogen and oxygen atoms in total. The number of aromatic nitrogens is 1. The van der Waals surface area contributed by atoms with E-state index in [4.69, 9.17) is 0 Å². The minimum Gasteiger partial charge on any atom is -0.261 e. The molecule has 1 heterocycles. The Bertz CT molecular complexity index is 206. The Morgan fingerprint density at radius 3 is 2.50 bits per heavy atom. The molecule has 0 fully saturated rings. The van der Waals surface area contributed by atoms with Crippen LogP contribution in [0.2, 0.25) is 0 Å². The summed E-state index contributed by atoms with van der Waals surface area (Å²) in [4.78, 5) is 4.33. The maximum Gasteiger partial charge on any atom is 0.0446 e. The van der Waals surface area contributed by atoms with Crippen molar-refractivity contribution in [2.24, 2.45) is 0 Å². The van der Waals surface area contributed by atoms with Crippen LogP contribution in [0.5, 0.6) is 0 Å². The molecule has 0 radical (unpaired) electrons. The Morgan fingerprint density at radius 1 is 1.25 bits per heavy atom. The van der Waals surface area contributed by atoms with E-state index in [2.05, 4.69) is 31.0 Å². The lowest BCUT2D eigenvalue weighted by atomic mass is 10.4. The summed E-state index contributed by atoms with van der Waals surface area (Å²) in [7, 11) is 0.205.